The quantitative estimate of drug-likeness (QED) is 0.668. The van der Waals surface area contributed by atoms with Gasteiger partial charge >= 0.3 is 6.01 Å². The van der Waals surface area contributed by atoms with E-state index >= 15 is 0 Å². The summed E-state index contributed by atoms with van der Waals surface area (Å²) in [7, 11) is 0. The van der Waals surface area contributed by atoms with E-state index in [1.54, 1.807) is 30.3 Å². The van der Waals surface area contributed by atoms with Crippen molar-refractivity contribution in [2.45, 2.75) is 0 Å². The zero-order chi connectivity index (χ0) is 19.5. The van der Waals surface area contributed by atoms with Gasteiger partial charge in [0.15, 0.2) is 18.1 Å². The van der Waals surface area contributed by atoms with E-state index in [9.17, 15) is 4.79 Å². The molecule has 144 valence electrons. The van der Waals surface area contributed by atoms with Crippen molar-refractivity contribution in [2.75, 3.05) is 25.1 Å². The van der Waals surface area contributed by atoms with Crippen molar-refractivity contribution in [2.24, 2.45) is 0 Å². The zero-order valence-electron chi connectivity index (χ0n) is 14.3. The number of nitrogens with zero attached hydrogens (tertiary/aromatic N) is 2. The van der Waals surface area contributed by atoms with Crippen LogP contribution >= 0.6 is 23.2 Å². The third kappa shape index (κ3) is 4.13. The number of nitrogens with one attached hydrogen (secondary N) is 1. The van der Waals surface area contributed by atoms with E-state index in [2.05, 4.69) is 15.5 Å². The molecule has 0 saturated carbocycles. The average molecular weight is 422 g/mol. The first-order valence-electron chi connectivity index (χ1n) is 8.20. The van der Waals surface area contributed by atoms with Gasteiger partial charge in [-0.15, -0.1) is 5.10 Å². The number of anilines is 1. The van der Waals surface area contributed by atoms with E-state index in [1.165, 1.54) is 6.07 Å². The SMILES string of the molecule is O=C(COc1ccc(Cl)cc1Cl)Nc1nnc(-c2ccc3c(c2)OCCO3)o1. The molecule has 0 spiro atoms. The number of hydrogen-bond donors (Lipinski definition) is 1. The van der Waals surface area contributed by atoms with E-state index in [-0.39, 0.29) is 18.5 Å². The highest BCUT2D eigenvalue weighted by Gasteiger charge is 2.16. The average Bonchev–Trinajstić information content (AvgIpc) is 3.15. The summed E-state index contributed by atoms with van der Waals surface area (Å²) in [4.78, 5) is 12.0. The van der Waals surface area contributed by atoms with Gasteiger partial charge in [0, 0.05) is 10.6 Å². The van der Waals surface area contributed by atoms with Crippen LogP contribution < -0.4 is 19.5 Å². The predicted molar refractivity (Wildman–Crippen MR) is 101 cm³/mol. The topological polar surface area (TPSA) is 95.7 Å². The molecule has 0 fully saturated rings. The third-order valence-corrected chi connectivity index (χ3v) is 4.24. The summed E-state index contributed by atoms with van der Waals surface area (Å²) in [5.74, 6) is 1.34. The molecule has 0 aliphatic carbocycles. The standard InChI is InChI=1S/C18H13Cl2N3O5/c19-11-2-4-13(12(20)8-11)27-9-16(24)21-18-23-22-17(28-18)10-1-3-14-15(7-10)26-6-5-25-14/h1-4,7-8H,5-6,9H2,(H,21,23,24). The molecule has 8 nitrogen and oxygen atoms in total. The summed E-state index contributed by atoms with van der Waals surface area (Å²) in [5, 5.41) is 11.0. The summed E-state index contributed by atoms with van der Waals surface area (Å²) >= 11 is 11.8. The minimum absolute atomic E-state index is 0.0549. The Labute approximate surface area is 169 Å². The Morgan fingerprint density at radius 1 is 1.07 bits per heavy atom. The van der Waals surface area contributed by atoms with Crippen LogP contribution in [0.3, 0.4) is 0 Å². The molecule has 0 bridgehead atoms. The monoisotopic (exact) mass is 421 g/mol. The molecule has 0 unspecified atom stereocenters. The van der Waals surface area contributed by atoms with Gasteiger partial charge in [0.05, 0.1) is 5.02 Å². The normalized spacial score (nSPS) is 12.5. The van der Waals surface area contributed by atoms with Crippen LogP contribution in [-0.2, 0) is 4.79 Å². The number of ether oxygens (including phenoxy) is 3. The molecule has 1 aromatic heterocycles. The van der Waals surface area contributed by atoms with Crippen LogP contribution in [-0.4, -0.2) is 35.9 Å². The lowest BCUT2D eigenvalue weighted by Crippen LogP contribution is -2.20. The van der Waals surface area contributed by atoms with E-state index in [4.69, 9.17) is 41.8 Å². The lowest BCUT2D eigenvalue weighted by Gasteiger charge is -2.18. The van der Waals surface area contributed by atoms with Crippen molar-refractivity contribution >= 4 is 35.1 Å². The zero-order valence-corrected chi connectivity index (χ0v) is 15.8. The van der Waals surface area contributed by atoms with Crippen LogP contribution in [0.15, 0.2) is 40.8 Å². The Balaban J connectivity index is 1.38. The van der Waals surface area contributed by atoms with Crippen LogP contribution in [0.5, 0.6) is 17.2 Å². The highest BCUT2D eigenvalue weighted by molar-refractivity contribution is 6.35. The van der Waals surface area contributed by atoms with Crippen LogP contribution in [0.4, 0.5) is 6.01 Å². The number of halogens is 2. The van der Waals surface area contributed by atoms with E-state index in [0.717, 1.165) is 0 Å². The number of benzene rings is 2. The molecule has 28 heavy (non-hydrogen) atoms. The number of rotatable bonds is 5. The number of amides is 1. The molecule has 0 saturated heterocycles. The third-order valence-electron chi connectivity index (χ3n) is 3.71. The van der Waals surface area contributed by atoms with Crippen molar-refractivity contribution in [3.63, 3.8) is 0 Å². The largest absolute Gasteiger partial charge is 0.486 e. The summed E-state index contributed by atoms with van der Waals surface area (Å²) in [5.41, 5.74) is 0.640. The maximum absolute atomic E-state index is 12.0. The molecule has 1 aliphatic heterocycles. The Kier molecular flexibility index (Phi) is 5.23. The number of fused-ring (bicyclic) bond motifs is 1. The van der Waals surface area contributed by atoms with Crippen molar-refractivity contribution in [3.8, 4) is 28.7 Å². The Morgan fingerprint density at radius 3 is 2.71 bits per heavy atom. The van der Waals surface area contributed by atoms with Crippen LogP contribution in [0.2, 0.25) is 10.0 Å². The molecule has 3 aromatic rings. The smallest absolute Gasteiger partial charge is 0.322 e. The maximum Gasteiger partial charge on any atom is 0.322 e. The van der Waals surface area contributed by atoms with Crippen molar-refractivity contribution in [3.05, 3.63) is 46.4 Å². The van der Waals surface area contributed by atoms with Gasteiger partial charge in [0.25, 0.3) is 5.91 Å². The first kappa shape index (κ1) is 18.4. The summed E-state index contributed by atoms with van der Waals surface area (Å²) in [6, 6.07) is 9.91. The second-order valence-electron chi connectivity index (χ2n) is 5.68. The Morgan fingerprint density at radius 2 is 1.89 bits per heavy atom. The van der Waals surface area contributed by atoms with Crippen LogP contribution in [0.1, 0.15) is 0 Å². The van der Waals surface area contributed by atoms with Gasteiger partial charge in [0.1, 0.15) is 19.0 Å². The van der Waals surface area contributed by atoms with Gasteiger partial charge < -0.3 is 18.6 Å². The lowest BCUT2D eigenvalue weighted by atomic mass is 10.2. The minimum atomic E-state index is -0.483. The molecule has 2 heterocycles. The molecule has 0 atom stereocenters. The lowest BCUT2D eigenvalue weighted by molar-refractivity contribution is -0.118. The second kappa shape index (κ2) is 7.95. The fraction of sp³-hybridized carbons (Fsp3) is 0.167. The van der Waals surface area contributed by atoms with E-state index in [0.29, 0.717) is 46.1 Å². The Bertz CT molecular complexity index is 1020. The van der Waals surface area contributed by atoms with Crippen molar-refractivity contribution in [1.82, 2.24) is 10.2 Å². The first-order chi connectivity index (χ1) is 13.6. The first-order valence-corrected chi connectivity index (χ1v) is 8.95. The molecule has 1 aliphatic rings. The molecule has 4 rings (SSSR count). The van der Waals surface area contributed by atoms with Gasteiger partial charge in [-0.05, 0) is 36.4 Å². The molecule has 1 amide bonds. The molecule has 2 aromatic carbocycles. The summed E-state index contributed by atoms with van der Waals surface area (Å²) < 4.78 is 21.8. The van der Waals surface area contributed by atoms with Gasteiger partial charge in [-0.1, -0.05) is 28.3 Å². The number of carbonyl (C=O) groups is 1. The van der Waals surface area contributed by atoms with E-state index in [1.807, 2.05) is 0 Å². The molecule has 10 heteroatoms. The maximum atomic E-state index is 12.0. The van der Waals surface area contributed by atoms with E-state index < -0.39 is 5.91 Å². The highest BCUT2D eigenvalue weighted by Crippen LogP contribution is 2.34. The Hall–Kier alpha value is -2.97. The van der Waals surface area contributed by atoms with Crippen molar-refractivity contribution < 1.29 is 23.4 Å². The molecular formula is C18H13Cl2N3O5. The van der Waals surface area contributed by atoms with Crippen molar-refractivity contribution in [1.29, 1.82) is 0 Å². The molecule has 1 N–H and O–H groups in total. The summed E-state index contributed by atoms with van der Waals surface area (Å²) in [6.45, 7) is 0.689. The number of carbonyl (C=O) groups excluding carboxylic acids is 1. The van der Waals surface area contributed by atoms with Gasteiger partial charge in [-0.25, -0.2) is 0 Å². The van der Waals surface area contributed by atoms with Crippen LogP contribution in [0, 0.1) is 0 Å². The van der Waals surface area contributed by atoms with Gasteiger partial charge in [0.2, 0.25) is 5.89 Å². The molecular weight excluding hydrogens is 409 g/mol. The second-order valence-corrected chi connectivity index (χ2v) is 6.53. The van der Waals surface area contributed by atoms with Crippen LogP contribution in [0.25, 0.3) is 11.5 Å². The predicted octanol–water partition coefficient (Wildman–Crippen LogP) is 3.83. The fourth-order valence-electron chi connectivity index (χ4n) is 2.46. The number of hydrogen-bond acceptors (Lipinski definition) is 7. The van der Waals surface area contributed by atoms with Gasteiger partial charge in [-0.3, -0.25) is 10.1 Å². The number of aromatic nitrogens is 2. The minimum Gasteiger partial charge on any atom is -0.486 e. The highest BCUT2D eigenvalue weighted by atomic mass is 35.5. The molecule has 0 radical (unpaired) electrons. The fourth-order valence-corrected chi connectivity index (χ4v) is 2.92. The van der Waals surface area contributed by atoms with Gasteiger partial charge in [-0.2, -0.15) is 0 Å². The summed E-state index contributed by atoms with van der Waals surface area (Å²) in [6.07, 6.45) is 0.